The zero-order valence-electron chi connectivity index (χ0n) is 9.71. The molecule has 2 rings (SSSR count). The van der Waals surface area contributed by atoms with Crippen molar-refractivity contribution in [3.63, 3.8) is 0 Å². The normalized spacial score (nSPS) is 10.4. The summed E-state index contributed by atoms with van der Waals surface area (Å²) in [7, 11) is 0. The van der Waals surface area contributed by atoms with Gasteiger partial charge >= 0.3 is 0 Å². The Labute approximate surface area is 109 Å². The molecule has 2 N–H and O–H groups in total. The first kappa shape index (κ1) is 12.6. The summed E-state index contributed by atoms with van der Waals surface area (Å²) in [5.41, 5.74) is 6.93. The number of aryl methyl sites for hydroxylation is 1. The molecular formula is C14H11ClFNO. The van der Waals surface area contributed by atoms with E-state index in [2.05, 4.69) is 0 Å². The maximum absolute atomic E-state index is 13.3. The van der Waals surface area contributed by atoms with Gasteiger partial charge in [-0.2, -0.15) is 0 Å². The molecule has 0 spiro atoms. The lowest BCUT2D eigenvalue weighted by atomic mass is 9.99. The molecule has 0 atom stereocenters. The van der Waals surface area contributed by atoms with Crippen molar-refractivity contribution in [2.45, 2.75) is 6.92 Å². The van der Waals surface area contributed by atoms with Gasteiger partial charge in [0.2, 0.25) is 0 Å². The average Bonchev–Trinajstić information content (AvgIpc) is 2.32. The molecular weight excluding hydrogens is 253 g/mol. The Morgan fingerprint density at radius 2 is 1.94 bits per heavy atom. The molecule has 4 heteroatoms. The summed E-state index contributed by atoms with van der Waals surface area (Å²) < 4.78 is 13.3. The number of rotatable bonds is 2. The molecule has 92 valence electrons. The van der Waals surface area contributed by atoms with E-state index >= 15 is 0 Å². The van der Waals surface area contributed by atoms with Gasteiger partial charge in [0, 0.05) is 16.1 Å². The highest BCUT2D eigenvalue weighted by Crippen LogP contribution is 2.20. The number of carbonyl (C=O) groups is 1. The monoisotopic (exact) mass is 263 g/mol. The second-order valence-electron chi connectivity index (χ2n) is 4.02. The van der Waals surface area contributed by atoms with Crippen LogP contribution in [0.25, 0.3) is 0 Å². The highest BCUT2D eigenvalue weighted by atomic mass is 35.5. The molecule has 0 heterocycles. The minimum absolute atomic E-state index is 0.0272. The topological polar surface area (TPSA) is 43.1 Å². The predicted octanol–water partition coefficient (Wildman–Crippen LogP) is 3.60. The smallest absolute Gasteiger partial charge is 0.193 e. The van der Waals surface area contributed by atoms with Crippen molar-refractivity contribution >= 4 is 23.1 Å². The number of nitrogen functional groups attached to an aromatic ring is 1. The Kier molecular flexibility index (Phi) is 3.34. The van der Waals surface area contributed by atoms with E-state index in [-0.39, 0.29) is 17.0 Å². The number of halogens is 2. The van der Waals surface area contributed by atoms with Gasteiger partial charge in [-0.3, -0.25) is 4.79 Å². The highest BCUT2D eigenvalue weighted by molar-refractivity contribution is 6.30. The first-order valence-corrected chi connectivity index (χ1v) is 5.72. The standard InChI is InChI=1S/C14H11ClFNO/c1-8-6-10(15)3-4-11(8)14(18)9-2-5-13(17)12(16)7-9/h2-7H,17H2,1H3. The minimum atomic E-state index is -0.590. The Hall–Kier alpha value is -1.87. The Bertz CT molecular complexity index is 625. The summed E-state index contributed by atoms with van der Waals surface area (Å²) in [6, 6.07) is 9.00. The fraction of sp³-hybridized carbons (Fsp3) is 0.0714. The molecule has 2 nitrogen and oxygen atoms in total. The van der Waals surface area contributed by atoms with Crippen molar-refractivity contribution in [1.29, 1.82) is 0 Å². The van der Waals surface area contributed by atoms with Crippen LogP contribution in [0.15, 0.2) is 36.4 Å². The average molecular weight is 264 g/mol. The maximum Gasteiger partial charge on any atom is 0.193 e. The molecule has 0 unspecified atom stereocenters. The molecule has 0 fully saturated rings. The first-order chi connectivity index (χ1) is 8.49. The van der Waals surface area contributed by atoms with Crippen molar-refractivity contribution in [2.24, 2.45) is 0 Å². The van der Waals surface area contributed by atoms with Crippen LogP contribution in [0.4, 0.5) is 10.1 Å². The minimum Gasteiger partial charge on any atom is -0.396 e. The van der Waals surface area contributed by atoms with Crippen molar-refractivity contribution in [3.8, 4) is 0 Å². The van der Waals surface area contributed by atoms with Gasteiger partial charge in [0.15, 0.2) is 5.78 Å². The Balaban J connectivity index is 2.44. The van der Waals surface area contributed by atoms with Gasteiger partial charge in [-0.25, -0.2) is 4.39 Å². The highest BCUT2D eigenvalue weighted by Gasteiger charge is 2.13. The van der Waals surface area contributed by atoms with Gasteiger partial charge in [0.05, 0.1) is 5.69 Å². The van der Waals surface area contributed by atoms with Crippen molar-refractivity contribution in [3.05, 3.63) is 63.9 Å². The molecule has 0 amide bonds. The lowest BCUT2D eigenvalue weighted by Crippen LogP contribution is -2.05. The van der Waals surface area contributed by atoms with Crippen molar-refractivity contribution in [1.82, 2.24) is 0 Å². The summed E-state index contributed by atoms with van der Waals surface area (Å²) in [5, 5.41) is 0.563. The lowest BCUT2D eigenvalue weighted by molar-refractivity contribution is 0.103. The van der Waals surface area contributed by atoms with Crippen LogP contribution in [0.5, 0.6) is 0 Å². The molecule has 2 aromatic rings. The summed E-state index contributed by atoms with van der Waals surface area (Å²) in [6.07, 6.45) is 0. The summed E-state index contributed by atoms with van der Waals surface area (Å²) in [4.78, 5) is 12.2. The van der Waals surface area contributed by atoms with E-state index in [4.69, 9.17) is 17.3 Å². The molecule has 0 bridgehead atoms. The van der Waals surface area contributed by atoms with Gasteiger partial charge in [-0.05, 0) is 48.9 Å². The van der Waals surface area contributed by atoms with Crippen LogP contribution < -0.4 is 5.73 Å². The van der Waals surface area contributed by atoms with E-state index in [1.165, 1.54) is 12.1 Å². The number of nitrogens with two attached hydrogens (primary N) is 1. The molecule has 0 aliphatic carbocycles. The van der Waals surface area contributed by atoms with Crippen LogP contribution in [-0.2, 0) is 0 Å². The van der Waals surface area contributed by atoms with Crippen LogP contribution in [0.2, 0.25) is 5.02 Å². The molecule has 0 saturated carbocycles. The second-order valence-corrected chi connectivity index (χ2v) is 4.46. The summed E-state index contributed by atoms with van der Waals surface area (Å²) in [6.45, 7) is 1.78. The number of hydrogen-bond donors (Lipinski definition) is 1. The number of anilines is 1. The van der Waals surface area contributed by atoms with Crippen LogP contribution in [0.1, 0.15) is 21.5 Å². The predicted molar refractivity (Wildman–Crippen MR) is 70.4 cm³/mol. The maximum atomic E-state index is 13.3. The summed E-state index contributed by atoms with van der Waals surface area (Å²) in [5.74, 6) is -0.837. The zero-order chi connectivity index (χ0) is 13.3. The number of carbonyl (C=O) groups excluding carboxylic acids is 1. The third-order valence-electron chi connectivity index (χ3n) is 2.70. The van der Waals surface area contributed by atoms with Gasteiger partial charge in [0.1, 0.15) is 5.82 Å². The Morgan fingerprint density at radius 3 is 2.56 bits per heavy atom. The number of ketones is 1. The Morgan fingerprint density at radius 1 is 1.22 bits per heavy atom. The van der Waals surface area contributed by atoms with Gasteiger partial charge < -0.3 is 5.73 Å². The number of benzene rings is 2. The lowest BCUT2D eigenvalue weighted by Gasteiger charge is -2.06. The molecule has 0 saturated heterocycles. The van der Waals surface area contributed by atoms with E-state index in [0.29, 0.717) is 10.6 Å². The molecule has 18 heavy (non-hydrogen) atoms. The fourth-order valence-corrected chi connectivity index (χ4v) is 1.93. The molecule has 0 aliphatic rings. The second kappa shape index (κ2) is 4.78. The van der Waals surface area contributed by atoms with E-state index in [0.717, 1.165) is 11.6 Å². The van der Waals surface area contributed by atoms with Crippen molar-refractivity contribution < 1.29 is 9.18 Å². The fourth-order valence-electron chi connectivity index (χ4n) is 1.71. The zero-order valence-corrected chi connectivity index (χ0v) is 10.5. The van der Waals surface area contributed by atoms with Gasteiger partial charge in [-0.15, -0.1) is 0 Å². The third kappa shape index (κ3) is 2.36. The quantitative estimate of drug-likeness (QED) is 0.664. The van der Waals surface area contributed by atoms with Crippen LogP contribution in [0.3, 0.4) is 0 Å². The summed E-state index contributed by atoms with van der Waals surface area (Å²) >= 11 is 5.83. The molecule has 0 aliphatic heterocycles. The molecule has 2 aromatic carbocycles. The third-order valence-corrected chi connectivity index (χ3v) is 2.93. The van der Waals surface area contributed by atoms with Crippen LogP contribution in [0, 0.1) is 12.7 Å². The van der Waals surface area contributed by atoms with E-state index in [1.807, 2.05) is 0 Å². The van der Waals surface area contributed by atoms with Gasteiger partial charge in [-0.1, -0.05) is 11.6 Å². The van der Waals surface area contributed by atoms with E-state index in [1.54, 1.807) is 25.1 Å². The van der Waals surface area contributed by atoms with Crippen LogP contribution in [-0.4, -0.2) is 5.78 Å². The number of hydrogen-bond acceptors (Lipinski definition) is 2. The van der Waals surface area contributed by atoms with E-state index in [9.17, 15) is 9.18 Å². The van der Waals surface area contributed by atoms with Gasteiger partial charge in [0.25, 0.3) is 0 Å². The molecule has 0 radical (unpaired) electrons. The first-order valence-electron chi connectivity index (χ1n) is 5.35. The molecule has 0 aromatic heterocycles. The van der Waals surface area contributed by atoms with Crippen LogP contribution >= 0.6 is 11.6 Å². The van der Waals surface area contributed by atoms with E-state index < -0.39 is 5.82 Å². The SMILES string of the molecule is Cc1cc(Cl)ccc1C(=O)c1ccc(N)c(F)c1. The van der Waals surface area contributed by atoms with Crippen molar-refractivity contribution in [2.75, 3.05) is 5.73 Å². The largest absolute Gasteiger partial charge is 0.396 e.